The Labute approximate surface area is 192 Å². The van der Waals surface area contributed by atoms with Crippen molar-refractivity contribution in [3.8, 4) is 22.9 Å². The molecule has 0 atom stereocenters. The Kier molecular flexibility index (Phi) is 8.94. The average Bonchev–Trinajstić information content (AvgIpc) is 3.21. The van der Waals surface area contributed by atoms with Gasteiger partial charge in [-0.25, -0.2) is 0 Å². The highest BCUT2D eigenvalue weighted by molar-refractivity contribution is 7.99. The molecule has 0 spiro atoms. The minimum absolute atomic E-state index is 0.149. The Balaban J connectivity index is 1.68. The first-order valence-electron chi connectivity index (χ1n) is 10.5. The number of hydrogen-bond donors (Lipinski definition) is 1. The second-order valence-electron chi connectivity index (χ2n) is 6.68. The summed E-state index contributed by atoms with van der Waals surface area (Å²) in [6.07, 6.45) is 0. The Morgan fingerprint density at radius 3 is 2.50 bits per heavy atom. The lowest BCUT2D eigenvalue weighted by atomic mass is 10.2. The predicted octanol–water partition coefficient (Wildman–Crippen LogP) is 4.12. The normalized spacial score (nSPS) is 10.7. The maximum Gasteiger partial charge on any atom is 0.234 e. The topological polar surface area (TPSA) is 87.5 Å². The SMILES string of the molecule is CCOc1ccc(NC(=O)CSc2nnc(-c3ccccc3)n2CCOC)cc1OCC. The number of rotatable bonds is 12. The van der Waals surface area contributed by atoms with Gasteiger partial charge in [0.05, 0.1) is 32.1 Å². The third kappa shape index (κ3) is 6.24. The van der Waals surface area contributed by atoms with Crippen molar-refractivity contribution in [3.63, 3.8) is 0 Å². The van der Waals surface area contributed by atoms with E-state index in [0.717, 1.165) is 11.4 Å². The number of carbonyl (C=O) groups is 1. The van der Waals surface area contributed by atoms with Crippen molar-refractivity contribution < 1.29 is 19.0 Å². The average molecular weight is 457 g/mol. The minimum Gasteiger partial charge on any atom is -0.490 e. The first-order chi connectivity index (χ1) is 15.7. The van der Waals surface area contributed by atoms with Crippen LogP contribution in [-0.4, -0.2) is 53.4 Å². The van der Waals surface area contributed by atoms with Crippen LogP contribution in [0, 0.1) is 0 Å². The Bertz CT molecular complexity index is 1010. The number of thioether (sulfide) groups is 1. The fourth-order valence-electron chi connectivity index (χ4n) is 3.04. The van der Waals surface area contributed by atoms with E-state index < -0.39 is 0 Å². The summed E-state index contributed by atoms with van der Waals surface area (Å²) in [6, 6.07) is 15.2. The molecule has 0 unspecified atom stereocenters. The predicted molar refractivity (Wildman–Crippen MR) is 125 cm³/mol. The molecule has 0 saturated carbocycles. The zero-order valence-corrected chi connectivity index (χ0v) is 19.4. The number of benzene rings is 2. The summed E-state index contributed by atoms with van der Waals surface area (Å²) in [7, 11) is 1.65. The molecule has 3 rings (SSSR count). The van der Waals surface area contributed by atoms with Crippen LogP contribution in [0.25, 0.3) is 11.4 Å². The second kappa shape index (κ2) is 12.1. The molecule has 8 nitrogen and oxygen atoms in total. The summed E-state index contributed by atoms with van der Waals surface area (Å²) in [4.78, 5) is 12.6. The number of methoxy groups -OCH3 is 1. The molecule has 3 aromatic rings. The van der Waals surface area contributed by atoms with Crippen LogP contribution in [0.1, 0.15) is 13.8 Å². The fourth-order valence-corrected chi connectivity index (χ4v) is 3.80. The van der Waals surface area contributed by atoms with Crippen LogP contribution in [-0.2, 0) is 16.1 Å². The van der Waals surface area contributed by atoms with Gasteiger partial charge in [-0.2, -0.15) is 0 Å². The number of anilines is 1. The molecule has 0 aliphatic rings. The van der Waals surface area contributed by atoms with Gasteiger partial charge in [-0.3, -0.25) is 9.36 Å². The molecule has 0 aliphatic carbocycles. The van der Waals surface area contributed by atoms with Crippen LogP contribution in [0.2, 0.25) is 0 Å². The van der Waals surface area contributed by atoms with Crippen molar-refractivity contribution in [2.45, 2.75) is 25.5 Å². The van der Waals surface area contributed by atoms with Gasteiger partial charge in [0.25, 0.3) is 0 Å². The monoisotopic (exact) mass is 456 g/mol. The van der Waals surface area contributed by atoms with Crippen molar-refractivity contribution >= 4 is 23.4 Å². The molecule has 0 bridgehead atoms. The molecular formula is C23H28N4O4S. The molecule has 0 aliphatic heterocycles. The van der Waals surface area contributed by atoms with Gasteiger partial charge in [0, 0.05) is 24.4 Å². The van der Waals surface area contributed by atoms with E-state index in [1.807, 2.05) is 48.7 Å². The molecule has 1 amide bonds. The van der Waals surface area contributed by atoms with Crippen molar-refractivity contribution in [1.82, 2.24) is 14.8 Å². The lowest BCUT2D eigenvalue weighted by Crippen LogP contribution is -2.15. The minimum atomic E-state index is -0.149. The third-order valence-corrected chi connectivity index (χ3v) is 5.39. The number of ether oxygens (including phenoxy) is 3. The van der Waals surface area contributed by atoms with Gasteiger partial charge in [0.15, 0.2) is 22.5 Å². The molecule has 0 saturated heterocycles. The van der Waals surface area contributed by atoms with E-state index in [-0.39, 0.29) is 11.7 Å². The van der Waals surface area contributed by atoms with E-state index in [2.05, 4.69) is 15.5 Å². The summed E-state index contributed by atoms with van der Waals surface area (Å²) in [5.41, 5.74) is 1.61. The van der Waals surface area contributed by atoms with Gasteiger partial charge in [-0.1, -0.05) is 42.1 Å². The molecule has 0 fully saturated rings. The molecule has 0 radical (unpaired) electrons. The van der Waals surface area contributed by atoms with Gasteiger partial charge in [-0.05, 0) is 26.0 Å². The smallest absolute Gasteiger partial charge is 0.234 e. The highest BCUT2D eigenvalue weighted by Crippen LogP contribution is 2.31. The first-order valence-corrected chi connectivity index (χ1v) is 11.4. The second-order valence-corrected chi connectivity index (χ2v) is 7.62. The van der Waals surface area contributed by atoms with Crippen LogP contribution in [0.15, 0.2) is 53.7 Å². The summed E-state index contributed by atoms with van der Waals surface area (Å²) < 4.78 is 18.4. The zero-order valence-electron chi connectivity index (χ0n) is 18.5. The van der Waals surface area contributed by atoms with Crippen molar-refractivity contribution in [2.24, 2.45) is 0 Å². The molecule has 32 heavy (non-hydrogen) atoms. The highest BCUT2D eigenvalue weighted by atomic mass is 32.2. The van der Waals surface area contributed by atoms with Crippen LogP contribution in [0.5, 0.6) is 11.5 Å². The molecule has 2 aromatic carbocycles. The maximum absolute atomic E-state index is 12.6. The van der Waals surface area contributed by atoms with Crippen molar-refractivity contribution in [2.75, 3.05) is 38.0 Å². The van der Waals surface area contributed by atoms with Crippen LogP contribution in [0.3, 0.4) is 0 Å². The van der Waals surface area contributed by atoms with Crippen molar-refractivity contribution in [1.29, 1.82) is 0 Å². The van der Waals surface area contributed by atoms with E-state index in [1.54, 1.807) is 25.3 Å². The summed E-state index contributed by atoms with van der Waals surface area (Å²) in [5.74, 6) is 2.05. The number of nitrogens with one attached hydrogen (secondary N) is 1. The molecular weight excluding hydrogens is 428 g/mol. The van der Waals surface area contributed by atoms with Gasteiger partial charge >= 0.3 is 0 Å². The van der Waals surface area contributed by atoms with Gasteiger partial charge in [0.2, 0.25) is 5.91 Å². The number of amides is 1. The van der Waals surface area contributed by atoms with Crippen LogP contribution < -0.4 is 14.8 Å². The van der Waals surface area contributed by atoms with E-state index in [9.17, 15) is 4.79 Å². The first kappa shape index (κ1) is 23.6. The Morgan fingerprint density at radius 2 is 1.78 bits per heavy atom. The lowest BCUT2D eigenvalue weighted by Gasteiger charge is -2.13. The van der Waals surface area contributed by atoms with Crippen LogP contribution in [0.4, 0.5) is 5.69 Å². The summed E-state index contributed by atoms with van der Waals surface area (Å²) in [5, 5.41) is 12.2. The van der Waals surface area contributed by atoms with E-state index in [4.69, 9.17) is 14.2 Å². The number of aromatic nitrogens is 3. The summed E-state index contributed by atoms with van der Waals surface area (Å²) >= 11 is 1.33. The molecule has 1 N–H and O–H groups in total. The zero-order chi connectivity index (χ0) is 22.8. The third-order valence-electron chi connectivity index (χ3n) is 4.43. The number of nitrogens with zero attached hydrogens (tertiary/aromatic N) is 3. The fraction of sp³-hybridized carbons (Fsp3) is 0.348. The van der Waals surface area contributed by atoms with Crippen molar-refractivity contribution in [3.05, 3.63) is 48.5 Å². The van der Waals surface area contributed by atoms with Gasteiger partial charge in [0.1, 0.15) is 0 Å². The molecule has 9 heteroatoms. The largest absolute Gasteiger partial charge is 0.490 e. The molecule has 170 valence electrons. The molecule has 1 heterocycles. The highest BCUT2D eigenvalue weighted by Gasteiger charge is 2.16. The number of hydrogen-bond acceptors (Lipinski definition) is 7. The quantitative estimate of drug-likeness (QED) is 0.410. The van der Waals surface area contributed by atoms with E-state index in [1.165, 1.54) is 11.8 Å². The lowest BCUT2D eigenvalue weighted by molar-refractivity contribution is -0.113. The molecule has 1 aromatic heterocycles. The van der Waals surface area contributed by atoms with Gasteiger partial charge < -0.3 is 19.5 Å². The Hall–Kier alpha value is -3.04. The van der Waals surface area contributed by atoms with E-state index in [0.29, 0.717) is 48.7 Å². The van der Waals surface area contributed by atoms with E-state index >= 15 is 0 Å². The standard InChI is InChI=1S/C23H28N4O4S/c1-4-30-19-12-11-18(15-20(19)31-5-2)24-21(28)16-32-23-26-25-22(27(23)13-14-29-3)17-9-7-6-8-10-17/h6-12,15H,4-5,13-14,16H2,1-3H3,(H,24,28). The van der Waals surface area contributed by atoms with Crippen LogP contribution >= 0.6 is 11.8 Å². The summed E-state index contributed by atoms with van der Waals surface area (Å²) in [6.45, 7) is 5.97. The maximum atomic E-state index is 12.6. The van der Waals surface area contributed by atoms with Gasteiger partial charge in [-0.15, -0.1) is 10.2 Å². The Morgan fingerprint density at radius 1 is 1.03 bits per heavy atom. The number of carbonyl (C=O) groups excluding carboxylic acids is 1.